The van der Waals surface area contributed by atoms with Crippen LogP contribution in [0.15, 0.2) is 36.9 Å². The molecule has 9 heteroatoms. The van der Waals surface area contributed by atoms with Crippen LogP contribution in [0.5, 0.6) is 0 Å². The number of aromatic nitrogens is 2. The van der Waals surface area contributed by atoms with E-state index in [9.17, 15) is 24.8 Å². The van der Waals surface area contributed by atoms with Crippen LogP contribution in [0.4, 0.5) is 5.69 Å². The molecule has 1 amide bonds. The smallest absolute Gasteiger partial charge is 0.326 e. The summed E-state index contributed by atoms with van der Waals surface area (Å²) in [6.45, 7) is 0.386. The summed E-state index contributed by atoms with van der Waals surface area (Å²) in [5.74, 6) is -1.33. The average Bonchev–Trinajstić information content (AvgIpc) is 3.36. The molecule has 2 aromatic rings. The van der Waals surface area contributed by atoms with E-state index in [1.807, 2.05) is 0 Å². The first-order valence-corrected chi connectivity index (χ1v) is 8.78. The summed E-state index contributed by atoms with van der Waals surface area (Å²) >= 11 is 0. The number of rotatable bonds is 4. The van der Waals surface area contributed by atoms with Gasteiger partial charge in [-0.15, -0.1) is 0 Å². The van der Waals surface area contributed by atoms with Gasteiger partial charge in [-0.25, -0.2) is 9.78 Å². The van der Waals surface area contributed by atoms with Crippen LogP contribution in [-0.2, 0) is 4.79 Å². The van der Waals surface area contributed by atoms with Crippen molar-refractivity contribution in [1.82, 2.24) is 14.5 Å². The number of aliphatic carboxylic acids is 1. The van der Waals surface area contributed by atoms with Gasteiger partial charge in [0.15, 0.2) is 0 Å². The Balaban J connectivity index is 1.69. The van der Waals surface area contributed by atoms with E-state index in [1.54, 1.807) is 6.20 Å². The van der Waals surface area contributed by atoms with E-state index in [0.717, 1.165) is 19.3 Å². The monoisotopic (exact) mass is 370 g/mol. The summed E-state index contributed by atoms with van der Waals surface area (Å²) in [5, 5.41) is 21.1. The molecule has 2 heterocycles. The third-order valence-corrected chi connectivity index (χ3v) is 5.61. The summed E-state index contributed by atoms with van der Waals surface area (Å²) in [5.41, 5.74) is 0.184. The number of fused-ring (bicyclic) bond motifs is 1. The Hall–Kier alpha value is -3.23. The molecule has 140 valence electrons. The number of amides is 1. The molecular weight excluding hydrogens is 352 g/mol. The molecule has 4 rings (SSSR count). The van der Waals surface area contributed by atoms with E-state index in [2.05, 4.69) is 4.98 Å². The molecule has 1 saturated heterocycles. The second-order valence-electron chi connectivity index (χ2n) is 7.03. The highest BCUT2D eigenvalue weighted by Gasteiger charge is 2.49. The molecule has 1 saturated carbocycles. The van der Waals surface area contributed by atoms with E-state index < -0.39 is 22.8 Å². The zero-order valence-corrected chi connectivity index (χ0v) is 14.4. The van der Waals surface area contributed by atoms with Crippen LogP contribution < -0.4 is 0 Å². The lowest BCUT2D eigenvalue weighted by Crippen LogP contribution is -2.43. The number of carboxylic acid groups (broad SMARTS) is 1. The Morgan fingerprint density at radius 1 is 1.30 bits per heavy atom. The number of nitrogens with zero attached hydrogens (tertiary/aromatic N) is 4. The Bertz CT molecular complexity index is 910. The van der Waals surface area contributed by atoms with Crippen molar-refractivity contribution in [2.45, 2.75) is 25.3 Å². The summed E-state index contributed by atoms with van der Waals surface area (Å²) in [6, 6.07) is 3.33. The maximum Gasteiger partial charge on any atom is 0.326 e. The zero-order chi connectivity index (χ0) is 19.1. The molecule has 1 aromatic carbocycles. The van der Waals surface area contributed by atoms with E-state index in [0.29, 0.717) is 12.2 Å². The number of carboxylic acids is 1. The largest absolute Gasteiger partial charge is 0.480 e. The molecule has 1 aromatic heterocycles. The van der Waals surface area contributed by atoms with Gasteiger partial charge in [-0.2, -0.15) is 0 Å². The van der Waals surface area contributed by atoms with Gasteiger partial charge in [0, 0.05) is 30.6 Å². The van der Waals surface area contributed by atoms with Crippen molar-refractivity contribution in [2.75, 3.05) is 6.54 Å². The molecule has 3 unspecified atom stereocenters. The van der Waals surface area contributed by atoms with E-state index in [4.69, 9.17) is 0 Å². The number of carbonyl (C=O) groups excluding carboxylic acids is 1. The molecule has 0 spiro atoms. The summed E-state index contributed by atoms with van der Waals surface area (Å²) in [7, 11) is 0. The molecule has 1 aliphatic carbocycles. The third kappa shape index (κ3) is 2.84. The molecule has 1 aliphatic heterocycles. The first-order chi connectivity index (χ1) is 13.0. The number of benzene rings is 1. The summed E-state index contributed by atoms with van der Waals surface area (Å²) in [6.07, 6.45) is 7.20. The minimum Gasteiger partial charge on any atom is -0.480 e. The van der Waals surface area contributed by atoms with Crippen LogP contribution in [0.1, 0.15) is 29.6 Å². The highest BCUT2D eigenvalue weighted by molar-refractivity contribution is 5.98. The predicted octanol–water partition coefficient (Wildman–Crippen LogP) is 2.11. The van der Waals surface area contributed by atoms with Gasteiger partial charge in [0.25, 0.3) is 11.6 Å². The molecule has 2 aliphatic rings. The zero-order valence-electron chi connectivity index (χ0n) is 14.4. The fraction of sp³-hybridized carbons (Fsp3) is 0.389. The standard InChI is InChI=1S/C18H18N4O5/c23-17(21-9-12-2-1-3-13(12)16(21)18(24)25)11-4-5-14(15(8-11)22(26)27)20-7-6-19-10-20/h4-8,10,12-13,16H,1-3,9H2,(H,24,25). The topological polar surface area (TPSA) is 119 Å². The van der Waals surface area contributed by atoms with Crippen LogP contribution in [0.25, 0.3) is 5.69 Å². The Morgan fingerprint density at radius 3 is 2.78 bits per heavy atom. The molecule has 27 heavy (non-hydrogen) atoms. The first-order valence-electron chi connectivity index (χ1n) is 8.78. The first kappa shape index (κ1) is 17.2. The highest BCUT2D eigenvalue weighted by Crippen LogP contribution is 2.43. The third-order valence-electron chi connectivity index (χ3n) is 5.61. The van der Waals surface area contributed by atoms with Crippen molar-refractivity contribution in [2.24, 2.45) is 11.8 Å². The minimum absolute atomic E-state index is 0.0355. The molecule has 0 bridgehead atoms. The maximum atomic E-state index is 13.0. The Morgan fingerprint density at radius 2 is 2.11 bits per heavy atom. The van der Waals surface area contributed by atoms with Gasteiger partial charge in [-0.05, 0) is 36.8 Å². The lowest BCUT2D eigenvalue weighted by Gasteiger charge is -2.24. The van der Waals surface area contributed by atoms with Crippen LogP contribution >= 0.6 is 0 Å². The Kier molecular flexibility index (Phi) is 4.14. The second-order valence-corrected chi connectivity index (χ2v) is 7.03. The van der Waals surface area contributed by atoms with Crippen molar-refractivity contribution in [3.05, 3.63) is 52.6 Å². The number of likely N-dealkylation sites (tertiary alicyclic amines) is 1. The van der Waals surface area contributed by atoms with Crippen molar-refractivity contribution in [3.63, 3.8) is 0 Å². The average molecular weight is 370 g/mol. The lowest BCUT2D eigenvalue weighted by molar-refractivity contribution is -0.384. The summed E-state index contributed by atoms with van der Waals surface area (Å²) in [4.78, 5) is 40.9. The highest BCUT2D eigenvalue weighted by atomic mass is 16.6. The molecule has 2 fully saturated rings. The van der Waals surface area contributed by atoms with Crippen molar-refractivity contribution < 1.29 is 19.6 Å². The molecule has 9 nitrogen and oxygen atoms in total. The van der Waals surface area contributed by atoms with Crippen LogP contribution in [0.2, 0.25) is 0 Å². The normalized spacial score (nSPS) is 24.0. The molecule has 3 atom stereocenters. The van der Waals surface area contributed by atoms with Gasteiger partial charge in [0.1, 0.15) is 11.7 Å². The van der Waals surface area contributed by atoms with Gasteiger partial charge in [-0.3, -0.25) is 14.9 Å². The number of hydrogen-bond donors (Lipinski definition) is 1. The number of imidazole rings is 1. The molecule has 0 radical (unpaired) electrons. The van der Waals surface area contributed by atoms with Gasteiger partial charge in [0.05, 0.1) is 11.3 Å². The van der Waals surface area contributed by atoms with Crippen LogP contribution in [-0.4, -0.2) is 48.9 Å². The summed E-state index contributed by atoms with van der Waals surface area (Å²) < 4.78 is 1.49. The predicted molar refractivity (Wildman–Crippen MR) is 93.5 cm³/mol. The lowest BCUT2D eigenvalue weighted by atomic mass is 9.94. The molecular formula is C18H18N4O5. The van der Waals surface area contributed by atoms with Crippen LogP contribution in [0, 0.1) is 22.0 Å². The van der Waals surface area contributed by atoms with Crippen molar-refractivity contribution in [1.29, 1.82) is 0 Å². The van der Waals surface area contributed by atoms with Gasteiger partial charge >= 0.3 is 5.97 Å². The van der Waals surface area contributed by atoms with Gasteiger partial charge < -0.3 is 14.6 Å². The van der Waals surface area contributed by atoms with Gasteiger partial charge in [-0.1, -0.05) is 6.42 Å². The fourth-order valence-electron chi connectivity index (χ4n) is 4.42. The van der Waals surface area contributed by atoms with E-state index >= 15 is 0 Å². The SMILES string of the molecule is O=C(O)C1C2CCCC2CN1C(=O)c1ccc(-n2ccnc2)c([N+](=O)[O-])c1. The van der Waals surface area contributed by atoms with Crippen LogP contribution in [0.3, 0.4) is 0 Å². The number of nitro groups is 1. The fourth-order valence-corrected chi connectivity index (χ4v) is 4.42. The van der Waals surface area contributed by atoms with E-state index in [-0.39, 0.29) is 23.1 Å². The quantitative estimate of drug-likeness (QED) is 0.650. The van der Waals surface area contributed by atoms with Crippen molar-refractivity contribution in [3.8, 4) is 5.69 Å². The number of nitro benzene ring substituents is 1. The minimum atomic E-state index is -1.01. The van der Waals surface area contributed by atoms with Crippen molar-refractivity contribution >= 4 is 17.6 Å². The molecule has 1 N–H and O–H groups in total. The van der Waals surface area contributed by atoms with E-state index in [1.165, 1.54) is 40.2 Å². The number of hydrogen-bond acceptors (Lipinski definition) is 5. The Labute approximate surface area is 154 Å². The second kappa shape index (κ2) is 6.49. The van der Waals surface area contributed by atoms with Gasteiger partial charge in [0.2, 0.25) is 0 Å². The maximum absolute atomic E-state index is 13.0. The number of carbonyl (C=O) groups is 2.